The van der Waals surface area contributed by atoms with Crippen molar-refractivity contribution in [1.82, 2.24) is 10.2 Å². The summed E-state index contributed by atoms with van der Waals surface area (Å²) in [5.41, 5.74) is 1.35. The molecule has 2 unspecified atom stereocenters. The van der Waals surface area contributed by atoms with E-state index in [-0.39, 0.29) is 0 Å². The largest absolute Gasteiger partial charge is 0.395 e. The summed E-state index contributed by atoms with van der Waals surface area (Å²) in [6.07, 6.45) is 7.37. The smallest absolute Gasteiger partial charge is 0.0586 e. The molecule has 3 rings (SSSR count). The van der Waals surface area contributed by atoms with Crippen LogP contribution in [0, 0.1) is 0 Å². The van der Waals surface area contributed by atoms with E-state index in [4.69, 9.17) is 5.11 Å². The first-order chi connectivity index (χ1) is 11.3. The Kier molecular flexibility index (Phi) is 8.61. The maximum Gasteiger partial charge on any atom is 0.0586 e. The Hall–Kier alpha value is -0.940. The molecule has 0 radical (unpaired) electrons. The van der Waals surface area contributed by atoms with Crippen LogP contribution in [0.15, 0.2) is 30.3 Å². The van der Waals surface area contributed by atoms with E-state index in [9.17, 15) is 5.11 Å². The lowest BCUT2D eigenvalue weighted by Crippen LogP contribution is -2.41. The number of aliphatic hydroxyl groups is 2. The van der Waals surface area contributed by atoms with Crippen LogP contribution in [0.25, 0.3) is 0 Å². The van der Waals surface area contributed by atoms with Gasteiger partial charge in [-0.25, -0.2) is 0 Å². The summed E-state index contributed by atoms with van der Waals surface area (Å²) in [6, 6.07) is 11.3. The van der Waals surface area contributed by atoms with E-state index in [2.05, 4.69) is 34.5 Å². The molecule has 0 saturated carbocycles. The second-order valence-electron chi connectivity index (χ2n) is 6.62. The van der Waals surface area contributed by atoms with Gasteiger partial charge in [-0.15, -0.1) is 0 Å². The average Bonchev–Trinajstić information content (AvgIpc) is 2.64. The van der Waals surface area contributed by atoms with Crippen molar-refractivity contribution in [3.63, 3.8) is 0 Å². The molecule has 2 saturated heterocycles. The van der Waals surface area contributed by atoms with Gasteiger partial charge in [0.05, 0.1) is 13.2 Å². The molecule has 1 aromatic rings. The molecule has 2 aliphatic heterocycles. The van der Waals surface area contributed by atoms with Crippen LogP contribution in [0.3, 0.4) is 0 Å². The number of rotatable bonds is 4. The molecule has 23 heavy (non-hydrogen) atoms. The van der Waals surface area contributed by atoms with Gasteiger partial charge in [0.2, 0.25) is 0 Å². The first-order valence-corrected chi connectivity index (χ1v) is 9.06. The van der Waals surface area contributed by atoms with Gasteiger partial charge in [0.25, 0.3) is 0 Å². The maximum absolute atomic E-state index is 9.30. The highest BCUT2D eigenvalue weighted by Gasteiger charge is 2.21. The van der Waals surface area contributed by atoms with E-state index in [0.717, 1.165) is 32.5 Å². The average molecular weight is 320 g/mol. The molecular formula is C19H32N2O2. The molecular weight excluding hydrogens is 288 g/mol. The fourth-order valence-corrected chi connectivity index (χ4v) is 3.37. The molecule has 0 amide bonds. The fourth-order valence-electron chi connectivity index (χ4n) is 3.37. The predicted octanol–water partition coefficient (Wildman–Crippen LogP) is 2.15. The minimum Gasteiger partial charge on any atom is -0.395 e. The van der Waals surface area contributed by atoms with Crippen molar-refractivity contribution in [1.29, 1.82) is 0 Å². The van der Waals surface area contributed by atoms with Crippen molar-refractivity contribution < 1.29 is 10.2 Å². The topological polar surface area (TPSA) is 55.7 Å². The van der Waals surface area contributed by atoms with Crippen LogP contribution in [0.2, 0.25) is 0 Å². The molecule has 4 heteroatoms. The SMILES string of the molecule is OCC1CCCCN1.OCC1CCCCN1Cc1ccccc1. The summed E-state index contributed by atoms with van der Waals surface area (Å²) in [5.74, 6) is 0. The van der Waals surface area contributed by atoms with Crippen LogP contribution in [-0.2, 0) is 6.54 Å². The molecule has 130 valence electrons. The Bertz CT molecular complexity index is 407. The third-order valence-corrected chi connectivity index (χ3v) is 4.82. The number of hydrogen-bond donors (Lipinski definition) is 3. The third kappa shape index (κ3) is 6.60. The minimum absolute atomic E-state index is 0.298. The van der Waals surface area contributed by atoms with E-state index in [0.29, 0.717) is 25.3 Å². The number of nitrogens with zero attached hydrogens (tertiary/aromatic N) is 1. The quantitative estimate of drug-likeness (QED) is 0.796. The van der Waals surface area contributed by atoms with Crippen LogP contribution in [0.4, 0.5) is 0 Å². The van der Waals surface area contributed by atoms with Gasteiger partial charge in [-0.1, -0.05) is 43.2 Å². The number of aliphatic hydroxyl groups excluding tert-OH is 2. The van der Waals surface area contributed by atoms with Crippen LogP contribution in [0.1, 0.15) is 44.1 Å². The summed E-state index contributed by atoms with van der Waals surface area (Å²) < 4.78 is 0. The molecule has 2 heterocycles. The summed E-state index contributed by atoms with van der Waals surface area (Å²) in [5, 5.41) is 21.1. The van der Waals surface area contributed by atoms with Gasteiger partial charge in [-0.2, -0.15) is 0 Å². The first kappa shape index (κ1) is 18.4. The van der Waals surface area contributed by atoms with Gasteiger partial charge in [-0.05, 0) is 44.3 Å². The first-order valence-electron chi connectivity index (χ1n) is 9.06. The highest BCUT2D eigenvalue weighted by molar-refractivity contribution is 5.14. The maximum atomic E-state index is 9.30. The molecule has 4 nitrogen and oxygen atoms in total. The summed E-state index contributed by atoms with van der Waals surface area (Å²) in [6.45, 7) is 3.80. The van der Waals surface area contributed by atoms with Crippen LogP contribution >= 0.6 is 0 Å². The molecule has 0 spiro atoms. The Morgan fingerprint density at radius 2 is 1.74 bits per heavy atom. The molecule has 1 aromatic carbocycles. The predicted molar refractivity (Wildman–Crippen MR) is 94.3 cm³/mol. The standard InChI is InChI=1S/C13H19NO.C6H13NO/c15-11-13-8-4-5-9-14(13)10-12-6-2-1-3-7-12;8-5-6-3-1-2-4-7-6/h1-3,6-7,13,15H,4-5,8-11H2;6-8H,1-5H2. The van der Waals surface area contributed by atoms with Gasteiger partial charge in [-0.3, -0.25) is 4.90 Å². The van der Waals surface area contributed by atoms with Crippen molar-refractivity contribution in [3.8, 4) is 0 Å². The van der Waals surface area contributed by atoms with E-state index in [1.165, 1.54) is 31.2 Å². The Morgan fingerprint density at radius 3 is 2.35 bits per heavy atom. The zero-order valence-electron chi connectivity index (χ0n) is 14.2. The van der Waals surface area contributed by atoms with Gasteiger partial charge in [0.1, 0.15) is 0 Å². The zero-order chi connectivity index (χ0) is 16.3. The molecule has 2 fully saturated rings. The Labute approximate surface area is 140 Å². The number of nitrogens with one attached hydrogen (secondary N) is 1. The third-order valence-electron chi connectivity index (χ3n) is 4.82. The van der Waals surface area contributed by atoms with E-state index < -0.39 is 0 Å². The van der Waals surface area contributed by atoms with Crippen LogP contribution in [0.5, 0.6) is 0 Å². The highest BCUT2D eigenvalue weighted by Crippen LogP contribution is 2.19. The minimum atomic E-state index is 0.298. The number of hydrogen-bond acceptors (Lipinski definition) is 4. The fraction of sp³-hybridized carbons (Fsp3) is 0.684. The van der Waals surface area contributed by atoms with E-state index in [1.807, 2.05) is 6.07 Å². The number of benzene rings is 1. The van der Waals surface area contributed by atoms with Gasteiger partial charge < -0.3 is 15.5 Å². The Balaban J connectivity index is 0.000000203. The highest BCUT2D eigenvalue weighted by atomic mass is 16.3. The molecule has 0 aliphatic carbocycles. The molecule has 0 aromatic heterocycles. The number of piperidine rings is 2. The van der Waals surface area contributed by atoms with Crippen molar-refractivity contribution in [2.75, 3.05) is 26.3 Å². The molecule has 2 atom stereocenters. The van der Waals surface area contributed by atoms with E-state index >= 15 is 0 Å². The monoisotopic (exact) mass is 320 g/mol. The summed E-state index contributed by atoms with van der Waals surface area (Å²) in [4.78, 5) is 2.40. The number of likely N-dealkylation sites (tertiary alicyclic amines) is 1. The second kappa shape index (κ2) is 10.8. The lowest BCUT2D eigenvalue weighted by molar-refractivity contribution is 0.0841. The summed E-state index contributed by atoms with van der Waals surface area (Å²) >= 11 is 0. The van der Waals surface area contributed by atoms with E-state index in [1.54, 1.807) is 0 Å². The van der Waals surface area contributed by atoms with Crippen molar-refractivity contribution in [3.05, 3.63) is 35.9 Å². The molecule has 2 aliphatic rings. The van der Waals surface area contributed by atoms with Crippen molar-refractivity contribution in [2.45, 2.75) is 57.2 Å². The van der Waals surface area contributed by atoms with Gasteiger partial charge >= 0.3 is 0 Å². The van der Waals surface area contributed by atoms with Crippen molar-refractivity contribution in [2.24, 2.45) is 0 Å². The van der Waals surface area contributed by atoms with Gasteiger partial charge in [0, 0.05) is 18.6 Å². The Morgan fingerprint density at radius 1 is 0.957 bits per heavy atom. The lowest BCUT2D eigenvalue weighted by Gasteiger charge is -2.34. The van der Waals surface area contributed by atoms with Gasteiger partial charge in [0.15, 0.2) is 0 Å². The summed E-state index contributed by atoms with van der Waals surface area (Å²) in [7, 11) is 0. The molecule has 3 N–H and O–H groups in total. The van der Waals surface area contributed by atoms with Crippen LogP contribution in [-0.4, -0.2) is 53.5 Å². The second-order valence-corrected chi connectivity index (χ2v) is 6.62. The molecule has 0 bridgehead atoms. The zero-order valence-corrected chi connectivity index (χ0v) is 14.2. The lowest BCUT2D eigenvalue weighted by atomic mass is 10.0. The normalized spacial score (nSPS) is 25.5. The van der Waals surface area contributed by atoms with Crippen LogP contribution < -0.4 is 5.32 Å². The van der Waals surface area contributed by atoms with Crippen molar-refractivity contribution >= 4 is 0 Å².